The molecule has 0 amide bonds. The van der Waals surface area contributed by atoms with Crippen LogP contribution in [0, 0.1) is 0 Å². The van der Waals surface area contributed by atoms with Crippen LogP contribution >= 0.6 is 7.60 Å². The van der Waals surface area contributed by atoms with E-state index in [4.69, 9.17) is 9.05 Å². The van der Waals surface area contributed by atoms with Crippen molar-refractivity contribution in [3.05, 3.63) is 35.9 Å². The second kappa shape index (κ2) is 8.47. The summed E-state index contributed by atoms with van der Waals surface area (Å²) in [6, 6.07) is 10.3. The zero-order valence-corrected chi connectivity index (χ0v) is 12.2. The Balaban J connectivity index is 2.29. The Morgan fingerprint density at radius 1 is 1.00 bits per heavy atom. The van der Waals surface area contributed by atoms with Gasteiger partial charge in [-0.1, -0.05) is 30.3 Å². The summed E-state index contributed by atoms with van der Waals surface area (Å²) in [6.45, 7) is 4.57. The summed E-state index contributed by atoms with van der Waals surface area (Å²) >= 11 is 0. The summed E-state index contributed by atoms with van der Waals surface area (Å²) in [4.78, 5) is 0. The monoisotopic (exact) mass is 270 g/mol. The van der Waals surface area contributed by atoms with E-state index in [2.05, 4.69) is 12.1 Å². The van der Waals surface area contributed by atoms with E-state index < -0.39 is 7.60 Å². The minimum absolute atomic E-state index is 0.440. The van der Waals surface area contributed by atoms with Gasteiger partial charge in [0.2, 0.25) is 0 Å². The van der Waals surface area contributed by atoms with Crippen molar-refractivity contribution in [2.75, 3.05) is 19.4 Å². The second-order valence-corrected chi connectivity index (χ2v) is 6.30. The summed E-state index contributed by atoms with van der Waals surface area (Å²) in [5.41, 5.74) is 1.32. The summed E-state index contributed by atoms with van der Waals surface area (Å²) in [6.07, 6.45) is 3.40. The molecule has 102 valence electrons. The van der Waals surface area contributed by atoms with Crippen molar-refractivity contribution >= 4 is 7.60 Å². The van der Waals surface area contributed by atoms with Crippen LogP contribution in [0.4, 0.5) is 0 Å². The summed E-state index contributed by atoms with van der Waals surface area (Å²) in [7, 11) is -2.84. The molecule has 18 heavy (non-hydrogen) atoms. The minimum Gasteiger partial charge on any atom is -0.309 e. The molecule has 0 aromatic heterocycles. The molecule has 0 saturated heterocycles. The van der Waals surface area contributed by atoms with Gasteiger partial charge >= 0.3 is 7.60 Å². The smallest absolute Gasteiger partial charge is 0.309 e. The van der Waals surface area contributed by atoms with Gasteiger partial charge in [-0.2, -0.15) is 0 Å². The van der Waals surface area contributed by atoms with Crippen molar-refractivity contribution in [1.82, 2.24) is 0 Å². The number of hydrogen-bond donors (Lipinski definition) is 0. The maximum atomic E-state index is 12.2. The van der Waals surface area contributed by atoms with E-state index in [1.807, 2.05) is 32.0 Å². The second-order valence-electron chi connectivity index (χ2n) is 4.11. The van der Waals surface area contributed by atoms with E-state index in [-0.39, 0.29) is 0 Å². The first kappa shape index (κ1) is 15.4. The van der Waals surface area contributed by atoms with Crippen LogP contribution in [0.3, 0.4) is 0 Å². The zero-order chi connectivity index (χ0) is 13.3. The predicted molar refractivity (Wildman–Crippen MR) is 75.1 cm³/mol. The van der Waals surface area contributed by atoms with Crippen molar-refractivity contribution in [2.45, 2.75) is 33.1 Å². The number of unbranched alkanes of at least 4 members (excludes halogenated alkanes) is 1. The molecule has 3 nitrogen and oxygen atoms in total. The van der Waals surface area contributed by atoms with E-state index in [1.165, 1.54) is 5.56 Å². The number of benzene rings is 1. The molecule has 0 spiro atoms. The van der Waals surface area contributed by atoms with Gasteiger partial charge in [0.1, 0.15) is 0 Å². The average molecular weight is 270 g/mol. The third-order valence-corrected chi connectivity index (χ3v) is 4.81. The molecule has 0 N–H and O–H groups in total. The van der Waals surface area contributed by atoms with Crippen LogP contribution in [0.1, 0.15) is 32.3 Å². The molecule has 0 saturated carbocycles. The maximum absolute atomic E-state index is 12.2. The van der Waals surface area contributed by atoms with Gasteiger partial charge < -0.3 is 9.05 Å². The lowest BCUT2D eigenvalue weighted by molar-refractivity contribution is 0.219. The molecule has 1 rings (SSSR count). The fraction of sp³-hybridized carbons (Fsp3) is 0.571. The third kappa shape index (κ3) is 5.81. The molecule has 1 aromatic carbocycles. The Labute approximate surface area is 110 Å². The highest BCUT2D eigenvalue weighted by Crippen LogP contribution is 2.48. The molecule has 0 aliphatic heterocycles. The van der Waals surface area contributed by atoms with Crippen LogP contribution < -0.4 is 0 Å². The van der Waals surface area contributed by atoms with Crippen LogP contribution in [0.5, 0.6) is 0 Å². The van der Waals surface area contributed by atoms with Crippen LogP contribution in [0.2, 0.25) is 0 Å². The number of hydrogen-bond acceptors (Lipinski definition) is 3. The normalized spacial score (nSPS) is 11.7. The first-order valence-electron chi connectivity index (χ1n) is 6.62. The Morgan fingerprint density at radius 2 is 1.61 bits per heavy atom. The molecule has 0 atom stereocenters. The predicted octanol–water partition coefficient (Wildman–Crippen LogP) is 4.28. The van der Waals surface area contributed by atoms with Gasteiger partial charge in [0.15, 0.2) is 0 Å². The molecular weight excluding hydrogens is 247 g/mol. The largest absolute Gasteiger partial charge is 0.330 e. The van der Waals surface area contributed by atoms with Crippen molar-refractivity contribution in [3.8, 4) is 0 Å². The first-order valence-corrected chi connectivity index (χ1v) is 8.35. The summed E-state index contributed by atoms with van der Waals surface area (Å²) in [5, 5.41) is 0. The molecule has 0 aliphatic carbocycles. The molecule has 0 fully saturated rings. The molecule has 0 unspecified atom stereocenters. The number of aryl methyl sites for hydroxylation is 1. The van der Waals surface area contributed by atoms with Gasteiger partial charge in [0.25, 0.3) is 0 Å². The fourth-order valence-electron chi connectivity index (χ4n) is 1.84. The lowest BCUT2D eigenvalue weighted by Crippen LogP contribution is -2.00. The Kier molecular flexibility index (Phi) is 7.26. The van der Waals surface area contributed by atoms with E-state index in [0.29, 0.717) is 19.4 Å². The van der Waals surface area contributed by atoms with Crippen LogP contribution in [0.15, 0.2) is 30.3 Å². The Hall–Kier alpha value is -0.630. The van der Waals surface area contributed by atoms with Gasteiger partial charge in [-0.3, -0.25) is 4.57 Å². The van der Waals surface area contributed by atoms with Gasteiger partial charge in [-0.15, -0.1) is 0 Å². The molecule has 0 radical (unpaired) electrons. The van der Waals surface area contributed by atoms with Crippen molar-refractivity contribution < 1.29 is 13.6 Å². The maximum Gasteiger partial charge on any atom is 0.330 e. The van der Waals surface area contributed by atoms with E-state index in [1.54, 1.807) is 0 Å². The molecule has 4 heteroatoms. The van der Waals surface area contributed by atoms with Crippen molar-refractivity contribution in [1.29, 1.82) is 0 Å². The summed E-state index contributed by atoms with van der Waals surface area (Å²) < 4.78 is 22.7. The number of rotatable bonds is 9. The minimum atomic E-state index is -2.84. The van der Waals surface area contributed by atoms with Crippen molar-refractivity contribution in [2.24, 2.45) is 0 Å². The van der Waals surface area contributed by atoms with Crippen LogP contribution in [0.25, 0.3) is 0 Å². The standard InChI is InChI=1S/C14H23O3P/c1-3-16-18(15,17-4-2)13-9-8-12-14-10-6-5-7-11-14/h5-7,10-11H,3-4,8-9,12-13H2,1-2H3. The topological polar surface area (TPSA) is 35.5 Å². The molecule has 0 bridgehead atoms. The van der Waals surface area contributed by atoms with Gasteiger partial charge in [0.05, 0.1) is 19.4 Å². The SMILES string of the molecule is CCOP(=O)(CCCCc1ccccc1)OCC. The highest BCUT2D eigenvalue weighted by molar-refractivity contribution is 7.53. The van der Waals surface area contributed by atoms with Crippen LogP contribution in [-0.4, -0.2) is 19.4 Å². The average Bonchev–Trinajstić information content (AvgIpc) is 2.37. The zero-order valence-electron chi connectivity index (χ0n) is 11.3. The van der Waals surface area contributed by atoms with Gasteiger partial charge in [-0.25, -0.2) is 0 Å². The van der Waals surface area contributed by atoms with Gasteiger partial charge in [-0.05, 0) is 38.7 Å². The highest BCUT2D eigenvalue weighted by atomic mass is 31.2. The van der Waals surface area contributed by atoms with E-state index >= 15 is 0 Å². The summed E-state index contributed by atoms with van der Waals surface area (Å²) in [5.74, 6) is 0. The van der Waals surface area contributed by atoms with Gasteiger partial charge in [0, 0.05) is 0 Å². The van der Waals surface area contributed by atoms with E-state index in [0.717, 1.165) is 19.3 Å². The highest BCUT2D eigenvalue weighted by Gasteiger charge is 2.22. The Morgan fingerprint density at radius 3 is 2.17 bits per heavy atom. The van der Waals surface area contributed by atoms with Crippen LogP contribution in [-0.2, 0) is 20.0 Å². The first-order chi connectivity index (χ1) is 8.70. The van der Waals surface area contributed by atoms with E-state index in [9.17, 15) is 4.57 Å². The van der Waals surface area contributed by atoms with Crippen molar-refractivity contribution in [3.63, 3.8) is 0 Å². The molecule has 0 heterocycles. The molecular formula is C14H23O3P. The third-order valence-electron chi connectivity index (χ3n) is 2.64. The quantitative estimate of drug-likeness (QED) is 0.496. The lowest BCUT2D eigenvalue weighted by Gasteiger charge is -2.16. The molecule has 0 aliphatic rings. The molecule has 1 aromatic rings. The Bertz CT molecular complexity index is 355. The fourth-order valence-corrected chi connectivity index (χ4v) is 3.57. The lowest BCUT2D eigenvalue weighted by atomic mass is 10.1.